The van der Waals surface area contributed by atoms with Gasteiger partial charge in [-0.3, -0.25) is 4.79 Å². The minimum Gasteiger partial charge on any atom is -0.481 e. The second-order valence-electron chi connectivity index (χ2n) is 2.88. The Morgan fingerprint density at radius 1 is 1.27 bits per heavy atom. The van der Waals surface area contributed by atoms with Gasteiger partial charge in [0.1, 0.15) is 0 Å². The molecular formula is C7H18Cl5NO2. The number of carbonyl (C=O) groups is 1. The van der Waals surface area contributed by atoms with Crippen molar-refractivity contribution in [3.05, 3.63) is 0 Å². The van der Waals surface area contributed by atoms with Gasteiger partial charge in [0.05, 0.1) is 5.92 Å². The van der Waals surface area contributed by atoms with E-state index >= 15 is 0 Å². The zero-order chi connectivity index (χ0) is 7.56. The van der Waals surface area contributed by atoms with Crippen molar-refractivity contribution in [1.29, 1.82) is 0 Å². The van der Waals surface area contributed by atoms with Crippen LogP contribution in [0.2, 0.25) is 0 Å². The lowest BCUT2D eigenvalue weighted by atomic mass is 9.94. The third-order valence-electron chi connectivity index (χ3n) is 2.20. The molecule has 0 bridgehead atoms. The second kappa shape index (κ2) is 14.9. The number of aliphatic carboxylic acids is 1. The fourth-order valence-corrected chi connectivity index (χ4v) is 1.31. The minimum atomic E-state index is -0.672. The topological polar surface area (TPSA) is 49.3 Å². The predicted octanol–water partition coefficient (Wildman–Crippen LogP) is 2.43. The van der Waals surface area contributed by atoms with Gasteiger partial charge in [0.15, 0.2) is 0 Å². The first-order chi connectivity index (χ1) is 4.72. The number of nitrogens with one attached hydrogen (secondary N) is 1. The van der Waals surface area contributed by atoms with Gasteiger partial charge in [-0.25, -0.2) is 0 Å². The van der Waals surface area contributed by atoms with Crippen LogP contribution in [0, 0.1) is 11.8 Å². The van der Waals surface area contributed by atoms with Crippen molar-refractivity contribution in [1.82, 2.24) is 5.32 Å². The van der Waals surface area contributed by atoms with Gasteiger partial charge >= 0.3 is 5.97 Å². The van der Waals surface area contributed by atoms with E-state index in [2.05, 4.69) is 5.32 Å². The molecule has 1 aliphatic heterocycles. The van der Waals surface area contributed by atoms with E-state index in [0.29, 0.717) is 5.92 Å². The highest BCUT2D eigenvalue weighted by Crippen LogP contribution is 2.18. The summed E-state index contributed by atoms with van der Waals surface area (Å²) in [7, 11) is 0. The maximum atomic E-state index is 10.5. The molecule has 3 nitrogen and oxygen atoms in total. The van der Waals surface area contributed by atoms with E-state index in [4.69, 9.17) is 5.11 Å². The summed E-state index contributed by atoms with van der Waals surface area (Å²) in [6.07, 6.45) is 1.01. The average Bonchev–Trinajstić information content (AvgIpc) is 2.36. The highest BCUT2D eigenvalue weighted by molar-refractivity contribution is 5.86. The molecule has 0 radical (unpaired) electrons. The van der Waals surface area contributed by atoms with Gasteiger partial charge in [0.25, 0.3) is 0 Å². The molecule has 2 atom stereocenters. The van der Waals surface area contributed by atoms with Gasteiger partial charge in [0, 0.05) is 0 Å². The summed E-state index contributed by atoms with van der Waals surface area (Å²) in [5, 5.41) is 11.8. The average molecular weight is 325 g/mol. The zero-order valence-electron chi connectivity index (χ0n) is 8.17. The zero-order valence-corrected chi connectivity index (χ0v) is 12.3. The molecule has 8 heteroatoms. The molecule has 1 saturated heterocycles. The summed E-state index contributed by atoms with van der Waals surface area (Å²) in [4.78, 5) is 10.5. The van der Waals surface area contributed by atoms with Crippen molar-refractivity contribution in [3.8, 4) is 0 Å². The fraction of sp³-hybridized carbons (Fsp3) is 0.857. The largest absolute Gasteiger partial charge is 0.481 e. The Balaban J connectivity index is -0.0000000667. The molecule has 1 fully saturated rings. The molecule has 0 amide bonds. The molecule has 0 aromatic carbocycles. The first-order valence-electron chi connectivity index (χ1n) is 3.65. The molecule has 0 aromatic rings. The monoisotopic (exact) mass is 323 g/mol. The van der Waals surface area contributed by atoms with Gasteiger partial charge < -0.3 is 10.4 Å². The summed E-state index contributed by atoms with van der Waals surface area (Å²) in [6.45, 7) is 3.62. The number of hydrogen-bond donors (Lipinski definition) is 2. The smallest absolute Gasteiger partial charge is 0.306 e. The Bertz CT molecular complexity index is 143. The first-order valence-corrected chi connectivity index (χ1v) is 3.65. The Morgan fingerprint density at radius 2 is 1.73 bits per heavy atom. The maximum absolute atomic E-state index is 10.5. The molecule has 0 saturated carbocycles. The number of rotatable bonds is 2. The Hall–Kier alpha value is 0.880. The van der Waals surface area contributed by atoms with Crippen molar-refractivity contribution in [2.75, 3.05) is 13.1 Å². The van der Waals surface area contributed by atoms with E-state index in [-0.39, 0.29) is 68.0 Å². The van der Waals surface area contributed by atoms with E-state index < -0.39 is 5.97 Å². The Kier molecular flexibility index (Phi) is 29.5. The summed E-state index contributed by atoms with van der Waals surface area (Å²) in [5.74, 6) is -0.513. The summed E-state index contributed by atoms with van der Waals surface area (Å²) in [5.41, 5.74) is 0. The van der Waals surface area contributed by atoms with Crippen LogP contribution >= 0.6 is 62.0 Å². The summed E-state index contributed by atoms with van der Waals surface area (Å²) in [6, 6.07) is 0. The molecule has 0 aromatic heterocycles. The predicted molar refractivity (Wildman–Crippen MR) is 74.0 cm³/mol. The van der Waals surface area contributed by atoms with Crippen molar-refractivity contribution in [2.45, 2.75) is 13.3 Å². The third-order valence-corrected chi connectivity index (χ3v) is 2.20. The van der Waals surface area contributed by atoms with Crippen LogP contribution in [0.15, 0.2) is 0 Å². The Morgan fingerprint density at radius 3 is 2.00 bits per heavy atom. The molecule has 0 spiro atoms. The number of carboxylic acids is 1. The normalized spacial score (nSPS) is 18.9. The number of carboxylic acid groups (broad SMARTS) is 1. The van der Waals surface area contributed by atoms with Crippen LogP contribution in [0.5, 0.6) is 0 Å². The van der Waals surface area contributed by atoms with E-state index in [1.807, 2.05) is 0 Å². The third kappa shape index (κ3) is 9.79. The summed E-state index contributed by atoms with van der Waals surface area (Å²) < 4.78 is 0. The van der Waals surface area contributed by atoms with Crippen LogP contribution in [0.1, 0.15) is 13.3 Å². The highest BCUT2D eigenvalue weighted by Gasteiger charge is 2.25. The van der Waals surface area contributed by atoms with Gasteiger partial charge in [-0.2, -0.15) is 0 Å². The molecule has 98 valence electrons. The van der Waals surface area contributed by atoms with Crippen LogP contribution in [0.3, 0.4) is 0 Å². The van der Waals surface area contributed by atoms with Crippen LogP contribution in [0.25, 0.3) is 0 Å². The van der Waals surface area contributed by atoms with Crippen molar-refractivity contribution in [3.63, 3.8) is 0 Å². The molecule has 1 aliphatic rings. The second-order valence-corrected chi connectivity index (χ2v) is 2.88. The molecule has 1 heterocycles. The minimum absolute atomic E-state index is 0. The van der Waals surface area contributed by atoms with Crippen molar-refractivity contribution >= 4 is 68.0 Å². The maximum Gasteiger partial charge on any atom is 0.306 e. The highest BCUT2D eigenvalue weighted by atomic mass is 35.5. The van der Waals surface area contributed by atoms with Gasteiger partial charge in [-0.15, -0.1) is 62.0 Å². The van der Waals surface area contributed by atoms with E-state index in [1.54, 1.807) is 6.92 Å². The van der Waals surface area contributed by atoms with Gasteiger partial charge in [-0.05, 0) is 25.4 Å². The Labute approximate surface area is 121 Å². The number of hydrogen-bond acceptors (Lipinski definition) is 2. The van der Waals surface area contributed by atoms with Crippen molar-refractivity contribution in [2.24, 2.45) is 11.8 Å². The first kappa shape index (κ1) is 29.7. The van der Waals surface area contributed by atoms with E-state index in [9.17, 15) is 4.79 Å². The standard InChI is InChI=1S/C7H13NO2.5ClH/c1-5(7(9)10)6-2-3-8-4-6;;;;;/h5-6,8H,2-4H2,1H3,(H,9,10);5*1H/t5?,6-;;;;;/m0...../s1. The van der Waals surface area contributed by atoms with Crippen molar-refractivity contribution < 1.29 is 9.90 Å². The van der Waals surface area contributed by atoms with Crippen LogP contribution in [0.4, 0.5) is 0 Å². The van der Waals surface area contributed by atoms with Crippen LogP contribution in [-0.2, 0) is 4.79 Å². The lowest BCUT2D eigenvalue weighted by Gasteiger charge is -2.11. The quantitative estimate of drug-likeness (QED) is 0.820. The fourth-order valence-electron chi connectivity index (χ4n) is 1.31. The lowest BCUT2D eigenvalue weighted by molar-refractivity contribution is -0.142. The molecule has 1 unspecified atom stereocenters. The number of halogens is 5. The molecular weight excluding hydrogens is 307 g/mol. The molecule has 1 rings (SSSR count). The lowest BCUT2D eigenvalue weighted by Crippen LogP contribution is -2.22. The SMILES string of the molecule is CC(C(=O)O)[C@H]1CCNC1.Cl.Cl.Cl.Cl.Cl. The van der Waals surface area contributed by atoms with E-state index in [0.717, 1.165) is 19.5 Å². The van der Waals surface area contributed by atoms with Gasteiger partial charge in [-0.1, -0.05) is 6.92 Å². The van der Waals surface area contributed by atoms with Gasteiger partial charge in [0.2, 0.25) is 0 Å². The van der Waals surface area contributed by atoms with Crippen LogP contribution < -0.4 is 5.32 Å². The molecule has 0 aliphatic carbocycles. The van der Waals surface area contributed by atoms with Crippen LogP contribution in [-0.4, -0.2) is 24.2 Å². The van der Waals surface area contributed by atoms with E-state index in [1.165, 1.54) is 0 Å². The molecule has 15 heavy (non-hydrogen) atoms. The summed E-state index contributed by atoms with van der Waals surface area (Å²) >= 11 is 0. The molecule has 2 N–H and O–H groups in total.